The molecule has 2 atom stereocenters. The van der Waals surface area contributed by atoms with Gasteiger partial charge in [0.2, 0.25) is 0 Å². The number of carboxylic acid groups (broad SMARTS) is 1. The van der Waals surface area contributed by atoms with Crippen LogP contribution < -0.4 is 4.74 Å². The summed E-state index contributed by atoms with van der Waals surface area (Å²) in [5.74, 6) is 0.00777. The van der Waals surface area contributed by atoms with Crippen molar-refractivity contribution in [3.63, 3.8) is 0 Å². The number of carboxylic acids is 1. The monoisotopic (exact) mass is 262 g/mol. The highest BCUT2D eigenvalue weighted by atomic mass is 16.5. The Labute approximate surface area is 114 Å². The van der Waals surface area contributed by atoms with Crippen molar-refractivity contribution in [2.45, 2.75) is 45.4 Å². The Kier molecular flexibility index (Phi) is 4.13. The second kappa shape index (κ2) is 5.64. The summed E-state index contributed by atoms with van der Waals surface area (Å²) in [7, 11) is 1.67. The Morgan fingerprint density at radius 1 is 1.26 bits per heavy atom. The number of benzene rings is 1. The van der Waals surface area contributed by atoms with Crippen LogP contribution in [0.1, 0.15) is 48.3 Å². The number of ether oxygens (including phenoxy) is 1. The van der Waals surface area contributed by atoms with Gasteiger partial charge in [-0.3, -0.25) is 4.79 Å². The summed E-state index contributed by atoms with van der Waals surface area (Å²) < 4.78 is 5.55. The maximum atomic E-state index is 11.4. The quantitative estimate of drug-likeness (QED) is 0.904. The minimum atomic E-state index is -0.676. The van der Waals surface area contributed by atoms with Crippen LogP contribution in [0.25, 0.3) is 0 Å². The molecule has 0 amide bonds. The Morgan fingerprint density at radius 3 is 2.58 bits per heavy atom. The lowest BCUT2D eigenvalue weighted by Crippen LogP contribution is -2.26. The van der Waals surface area contributed by atoms with Gasteiger partial charge in [0.25, 0.3) is 0 Å². The Morgan fingerprint density at radius 2 is 1.95 bits per heavy atom. The van der Waals surface area contributed by atoms with Gasteiger partial charge in [-0.25, -0.2) is 0 Å². The van der Waals surface area contributed by atoms with E-state index < -0.39 is 5.97 Å². The molecule has 0 bridgehead atoms. The molecule has 0 aliphatic heterocycles. The zero-order valence-corrected chi connectivity index (χ0v) is 11.9. The van der Waals surface area contributed by atoms with Gasteiger partial charge in [-0.15, -0.1) is 0 Å². The van der Waals surface area contributed by atoms with Crippen LogP contribution in [0.2, 0.25) is 0 Å². The predicted molar refractivity (Wildman–Crippen MR) is 74.8 cm³/mol. The lowest BCUT2D eigenvalue weighted by Gasteiger charge is -2.30. The Bertz CT molecular complexity index is 479. The molecule has 0 spiro atoms. The van der Waals surface area contributed by atoms with Crippen LogP contribution in [0.4, 0.5) is 0 Å². The number of hydrogen-bond acceptors (Lipinski definition) is 2. The van der Waals surface area contributed by atoms with Gasteiger partial charge in [-0.2, -0.15) is 0 Å². The molecule has 1 fully saturated rings. The molecule has 1 saturated carbocycles. The van der Waals surface area contributed by atoms with Gasteiger partial charge in [0, 0.05) is 5.92 Å². The summed E-state index contributed by atoms with van der Waals surface area (Å²) in [5, 5.41) is 9.42. The summed E-state index contributed by atoms with van der Waals surface area (Å²) in [5.41, 5.74) is 3.37. The van der Waals surface area contributed by atoms with E-state index in [2.05, 4.69) is 13.0 Å². The number of carbonyl (C=O) groups is 1. The predicted octanol–water partition coefficient (Wildman–Crippen LogP) is 3.67. The first-order valence-electron chi connectivity index (χ1n) is 6.93. The number of aliphatic carboxylic acids is 1. The second-order valence-corrected chi connectivity index (χ2v) is 5.47. The number of methoxy groups -OCH3 is 1. The van der Waals surface area contributed by atoms with E-state index in [1.54, 1.807) is 7.11 Å². The maximum Gasteiger partial charge on any atom is 0.307 e. The zero-order valence-electron chi connectivity index (χ0n) is 11.9. The molecule has 2 unspecified atom stereocenters. The van der Waals surface area contributed by atoms with Crippen LogP contribution in [-0.2, 0) is 4.79 Å². The molecule has 1 aliphatic carbocycles. The number of rotatable bonds is 3. The molecule has 3 nitrogen and oxygen atoms in total. The Hall–Kier alpha value is -1.51. The standard InChI is InChI=1S/C16H22O3/c1-10-8-9-13(15(19-3)11(10)2)12-6-4-5-7-14(12)16(17)18/h8-9,12,14H,4-7H2,1-3H3,(H,17,18). The number of aryl methyl sites for hydroxylation is 1. The van der Waals surface area contributed by atoms with Crippen molar-refractivity contribution in [1.29, 1.82) is 0 Å². The summed E-state index contributed by atoms with van der Waals surface area (Å²) in [6, 6.07) is 4.12. The molecule has 3 heteroatoms. The van der Waals surface area contributed by atoms with E-state index in [-0.39, 0.29) is 11.8 Å². The highest BCUT2D eigenvalue weighted by Gasteiger charge is 2.33. The molecular weight excluding hydrogens is 240 g/mol. The molecule has 1 aromatic rings. The second-order valence-electron chi connectivity index (χ2n) is 5.47. The third-order valence-electron chi connectivity index (χ3n) is 4.39. The molecule has 0 saturated heterocycles. The minimum absolute atomic E-state index is 0.0838. The maximum absolute atomic E-state index is 11.4. The SMILES string of the molecule is COc1c(C2CCCCC2C(=O)O)ccc(C)c1C. The van der Waals surface area contributed by atoms with Gasteiger partial charge in [0.05, 0.1) is 13.0 Å². The summed E-state index contributed by atoms with van der Waals surface area (Å²) >= 11 is 0. The van der Waals surface area contributed by atoms with Gasteiger partial charge < -0.3 is 9.84 Å². The lowest BCUT2D eigenvalue weighted by molar-refractivity contribution is -0.143. The fraction of sp³-hybridized carbons (Fsp3) is 0.562. The molecule has 19 heavy (non-hydrogen) atoms. The van der Waals surface area contributed by atoms with Crippen molar-refractivity contribution < 1.29 is 14.6 Å². The Balaban J connectivity index is 2.44. The van der Waals surface area contributed by atoms with Crippen molar-refractivity contribution in [1.82, 2.24) is 0 Å². The third-order valence-corrected chi connectivity index (χ3v) is 4.39. The third kappa shape index (κ3) is 2.60. The average molecular weight is 262 g/mol. The lowest BCUT2D eigenvalue weighted by atomic mass is 9.74. The molecule has 0 aromatic heterocycles. The van der Waals surface area contributed by atoms with Gasteiger partial charge in [-0.05, 0) is 43.4 Å². The summed E-state index contributed by atoms with van der Waals surface area (Å²) in [6.45, 7) is 4.09. The van der Waals surface area contributed by atoms with E-state index in [1.807, 2.05) is 13.0 Å². The molecule has 1 aliphatic rings. The van der Waals surface area contributed by atoms with Gasteiger partial charge in [0.15, 0.2) is 0 Å². The number of hydrogen-bond donors (Lipinski definition) is 1. The van der Waals surface area contributed by atoms with E-state index in [0.29, 0.717) is 0 Å². The van der Waals surface area contributed by atoms with Gasteiger partial charge in [-0.1, -0.05) is 25.0 Å². The van der Waals surface area contributed by atoms with E-state index in [1.165, 1.54) is 5.56 Å². The van der Waals surface area contributed by atoms with E-state index in [4.69, 9.17) is 4.74 Å². The molecule has 0 radical (unpaired) electrons. The van der Waals surface area contributed by atoms with E-state index in [0.717, 1.165) is 42.6 Å². The smallest absolute Gasteiger partial charge is 0.307 e. The first-order valence-corrected chi connectivity index (χ1v) is 6.93. The molecule has 1 N–H and O–H groups in total. The normalized spacial score (nSPS) is 23.1. The first-order chi connectivity index (χ1) is 9.06. The zero-order chi connectivity index (χ0) is 14.0. The van der Waals surface area contributed by atoms with Gasteiger partial charge in [0.1, 0.15) is 5.75 Å². The summed E-state index contributed by atoms with van der Waals surface area (Å²) in [4.78, 5) is 11.4. The highest BCUT2D eigenvalue weighted by Crippen LogP contribution is 2.43. The molecule has 0 heterocycles. The molecule has 1 aromatic carbocycles. The van der Waals surface area contributed by atoms with Crippen molar-refractivity contribution in [3.05, 3.63) is 28.8 Å². The van der Waals surface area contributed by atoms with Crippen LogP contribution >= 0.6 is 0 Å². The topological polar surface area (TPSA) is 46.5 Å². The van der Waals surface area contributed by atoms with E-state index >= 15 is 0 Å². The van der Waals surface area contributed by atoms with Crippen molar-refractivity contribution in [2.75, 3.05) is 7.11 Å². The largest absolute Gasteiger partial charge is 0.496 e. The minimum Gasteiger partial charge on any atom is -0.496 e. The van der Waals surface area contributed by atoms with Crippen molar-refractivity contribution in [3.8, 4) is 5.75 Å². The van der Waals surface area contributed by atoms with Crippen LogP contribution in [0, 0.1) is 19.8 Å². The van der Waals surface area contributed by atoms with E-state index in [9.17, 15) is 9.90 Å². The average Bonchev–Trinajstić information content (AvgIpc) is 2.41. The molecule has 104 valence electrons. The highest BCUT2D eigenvalue weighted by molar-refractivity contribution is 5.72. The first kappa shape index (κ1) is 13.9. The van der Waals surface area contributed by atoms with Crippen molar-refractivity contribution >= 4 is 5.97 Å². The molecular formula is C16H22O3. The summed E-state index contributed by atoms with van der Waals surface area (Å²) in [6.07, 6.45) is 3.83. The molecule has 2 rings (SSSR count). The van der Waals surface area contributed by atoms with Crippen LogP contribution in [0.15, 0.2) is 12.1 Å². The van der Waals surface area contributed by atoms with Gasteiger partial charge >= 0.3 is 5.97 Å². The van der Waals surface area contributed by atoms with Crippen LogP contribution in [-0.4, -0.2) is 18.2 Å². The van der Waals surface area contributed by atoms with Crippen molar-refractivity contribution in [2.24, 2.45) is 5.92 Å². The van der Waals surface area contributed by atoms with Crippen LogP contribution in [0.3, 0.4) is 0 Å². The fourth-order valence-electron chi connectivity index (χ4n) is 3.17. The fourth-order valence-corrected chi connectivity index (χ4v) is 3.17. The van der Waals surface area contributed by atoms with Crippen LogP contribution in [0.5, 0.6) is 5.75 Å².